The minimum Gasteiger partial charge on any atom is -0.493 e. The Morgan fingerprint density at radius 3 is 2.45 bits per heavy atom. The van der Waals surface area contributed by atoms with Gasteiger partial charge in [-0.15, -0.1) is 0 Å². The number of likely N-dealkylation sites (tertiary alicyclic amines) is 1. The molecule has 0 aliphatic carbocycles. The molecular weight excluding hydrogens is 469 g/mol. The molecule has 3 heterocycles. The van der Waals surface area contributed by atoms with E-state index in [-0.39, 0.29) is 29.1 Å². The maximum atomic E-state index is 14.9. The van der Waals surface area contributed by atoms with Gasteiger partial charge in [0.1, 0.15) is 35.3 Å². The Morgan fingerprint density at radius 2 is 1.82 bits per heavy atom. The lowest BCUT2D eigenvalue weighted by Gasteiger charge is -2.34. The fourth-order valence-electron chi connectivity index (χ4n) is 3.95. The van der Waals surface area contributed by atoms with Crippen molar-refractivity contribution in [1.82, 2.24) is 14.9 Å². The average molecular weight is 492 g/mol. The zero-order chi connectivity index (χ0) is 23.8. The van der Waals surface area contributed by atoms with Crippen LogP contribution in [0.15, 0.2) is 28.3 Å². The lowest BCUT2D eigenvalue weighted by atomic mass is 10.1. The quantitative estimate of drug-likeness (QED) is 0.412. The summed E-state index contributed by atoms with van der Waals surface area (Å²) < 4.78 is 74.9. The Balaban J connectivity index is 1.50. The van der Waals surface area contributed by atoms with E-state index in [2.05, 4.69) is 14.9 Å². The minimum atomic E-state index is -4.53. The van der Waals surface area contributed by atoms with Gasteiger partial charge in [0.2, 0.25) is 5.96 Å². The number of alkyl halides is 3. The van der Waals surface area contributed by atoms with Crippen LogP contribution in [0.5, 0.6) is 5.75 Å². The molecular formula is C21H23ClF5N5O. The Morgan fingerprint density at radius 1 is 1.15 bits per heavy atom. The molecule has 12 heteroatoms. The van der Waals surface area contributed by atoms with E-state index in [1.54, 1.807) is 0 Å². The standard InChI is InChI=1S/C21H23ClF5N5O/c1-13(21(25,26)27)32-12-28-20-29-19(22)15(11-31(20)32)18-16(23)9-14(10-17(18)24)33-8-4-7-30-5-2-3-6-30/h9-11,13H,2-8,12H2,1H3. The van der Waals surface area contributed by atoms with Crippen molar-refractivity contribution < 1.29 is 26.7 Å². The first-order valence-corrected chi connectivity index (χ1v) is 11.0. The highest BCUT2D eigenvalue weighted by Gasteiger charge is 2.45. The van der Waals surface area contributed by atoms with Crippen molar-refractivity contribution in [3.63, 3.8) is 0 Å². The van der Waals surface area contributed by atoms with Gasteiger partial charge in [-0.05, 0) is 39.3 Å². The highest BCUT2D eigenvalue weighted by Crippen LogP contribution is 2.34. The molecule has 0 amide bonds. The number of benzene rings is 1. The first kappa shape index (κ1) is 23.9. The van der Waals surface area contributed by atoms with Crippen LogP contribution in [-0.2, 0) is 0 Å². The van der Waals surface area contributed by atoms with Gasteiger partial charge in [-0.2, -0.15) is 23.2 Å². The molecule has 1 saturated heterocycles. The zero-order valence-corrected chi connectivity index (χ0v) is 18.6. The monoisotopic (exact) mass is 491 g/mol. The van der Waals surface area contributed by atoms with Crippen LogP contribution in [0.2, 0.25) is 0 Å². The molecule has 0 saturated carbocycles. The van der Waals surface area contributed by atoms with Crippen LogP contribution in [-0.4, -0.2) is 71.2 Å². The molecule has 3 aliphatic heterocycles. The third-order valence-corrected chi connectivity index (χ3v) is 6.09. The van der Waals surface area contributed by atoms with Crippen molar-refractivity contribution in [2.24, 2.45) is 9.98 Å². The van der Waals surface area contributed by atoms with Crippen molar-refractivity contribution in [3.8, 4) is 5.75 Å². The molecule has 0 radical (unpaired) electrons. The zero-order valence-electron chi connectivity index (χ0n) is 17.9. The van der Waals surface area contributed by atoms with E-state index in [0.717, 1.165) is 61.3 Å². The molecule has 0 aromatic heterocycles. The van der Waals surface area contributed by atoms with E-state index >= 15 is 0 Å². The maximum Gasteiger partial charge on any atom is 0.405 e. The number of guanidine groups is 1. The number of hydrogen-bond donors (Lipinski definition) is 0. The second-order valence-electron chi connectivity index (χ2n) is 8.06. The summed E-state index contributed by atoms with van der Waals surface area (Å²) in [7, 11) is 0. The minimum absolute atomic E-state index is 0.0235. The molecule has 33 heavy (non-hydrogen) atoms. The first-order chi connectivity index (χ1) is 15.6. The van der Waals surface area contributed by atoms with Gasteiger partial charge in [0.05, 0.1) is 12.2 Å². The van der Waals surface area contributed by atoms with E-state index in [9.17, 15) is 22.0 Å². The van der Waals surface area contributed by atoms with Crippen molar-refractivity contribution in [3.05, 3.63) is 35.5 Å². The molecule has 4 rings (SSSR count). The van der Waals surface area contributed by atoms with E-state index in [0.29, 0.717) is 6.61 Å². The Kier molecular flexibility index (Phi) is 6.92. The Hall–Kier alpha value is -2.24. The third-order valence-electron chi connectivity index (χ3n) is 5.80. The lowest BCUT2D eigenvalue weighted by molar-refractivity contribution is -0.196. The molecule has 3 aliphatic rings. The van der Waals surface area contributed by atoms with Gasteiger partial charge in [-0.25, -0.2) is 18.8 Å². The molecule has 1 aromatic rings. The van der Waals surface area contributed by atoms with Gasteiger partial charge in [-0.1, -0.05) is 11.6 Å². The molecule has 0 spiro atoms. The maximum absolute atomic E-state index is 14.9. The van der Waals surface area contributed by atoms with Crippen molar-refractivity contribution >= 4 is 28.3 Å². The van der Waals surface area contributed by atoms with Gasteiger partial charge < -0.3 is 9.64 Å². The van der Waals surface area contributed by atoms with Crippen molar-refractivity contribution in [2.75, 3.05) is 32.9 Å². The lowest BCUT2D eigenvalue weighted by Crippen LogP contribution is -2.50. The number of hydrazine groups is 1. The molecule has 1 atom stereocenters. The smallest absolute Gasteiger partial charge is 0.405 e. The summed E-state index contributed by atoms with van der Waals surface area (Å²) in [6.45, 7) is 3.91. The molecule has 1 aromatic carbocycles. The molecule has 180 valence electrons. The van der Waals surface area contributed by atoms with Gasteiger partial charge in [0.15, 0.2) is 0 Å². The molecule has 0 N–H and O–H groups in total. The first-order valence-electron chi connectivity index (χ1n) is 10.6. The molecule has 6 nitrogen and oxygen atoms in total. The number of hydrogen-bond acceptors (Lipinski definition) is 6. The molecule has 1 unspecified atom stereocenters. The summed E-state index contributed by atoms with van der Waals surface area (Å²) in [6.07, 6.45) is -0.342. The van der Waals surface area contributed by atoms with Gasteiger partial charge >= 0.3 is 6.18 Å². The highest BCUT2D eigenvalue weighted by atomic mass is 35.5. The Labute approximate surface area is 192 Å². The number of nitrogens with zero attached hydrogens (tertiary/aromatic N) is 5. The normalized spacial score (nSPS) is 20.5. The number of aliphatic imine (C=N–C) groups is 2. The predicted molar refractivity (Wildman–Crippen MR) is 115 cm³/mol. The summed E-state index contributed by atoms with van der Waals surface area (Å²) in [4.78, 5) is 10.2. The number of allylic oxidation sites excluding steroid dienone is 1. The van der Waals surface area contributed by atoms with Crippen LogP contribution in [0, 0.1) is 11.6 Å². The van der Waals surface area contributed by atoms with Crippen LogP contribution in [0.4, 0.5) is 22.0 Å². The van der Waals surface area contributed by atoms with Crippen LogP contribution in [0.1, 0.15) is 31.7 Å². The fourth-order valence-corrected chi connectivity index (χ4v) is 4.17. The van der Waals surface area contributed by atoms with Crippen molar-refractivity contribution in [2.45, 2.75) is 38.4 Å². The van der Waals surface area contributed by atoms with Crippen LogP contribution in [0.25, 0.3) is 5.57 Å². The summed E-state index contributed by atoms with van der Waals surface area (Å²) >= 11 is 6.11. The van der Waals surface area contributed by atoms with Gasteiger partial charge in [0.25, 0.3) is 0 Å². The SMILES string of the molecule is CC(N1CN=C2N=C(Cl)C(c3c(F)cc(OCCCN4CCCC4)cc3F)=CN21)C(F)(F)F. The van der Waals surface area contributed by atoms with Crippen molar-refractivity contribution in [1.29, 1.82) is 0 Å². The largest absolute Gasteiger partial charge is 0.493 e. The number of halogens is 6. The summed E-state index contributed by atoms with van der Waals surface area (Å²) in [5.41, 5.74) is -0.689. The second kappa shape index (κ2) is 9.55. The van der Waals surface area contributed by atoms with Crippen LogP contribution in [0.3, 0.4) is 0 Å². The van der Waals surface area contributed by atoms with E-state index in [1.807, 2.05) is 0 Å². The average Bonchev–Trinajstić information content (AvgIpc) is 3.39. The van der Waals surface area contributed by atoms with Gasteiger partial charge in [-0.3, -0.25) is 0 Å². The Bertz CT molecular complexity index is 967. The number of rotatable bonds is 7. The van der Waals surface area contributed by atoms with Crippen LogP contribution < -0.4 is 4.74 Å². The second-order valence-corrected chi connectivity index (χ2v) is 8.42. The molecule has 0 bridgehead atoms. The highest BCUT2D eigenvalue weighted by molar-refractivity contribution is 6.77. The summed E-state index contributed by atoms with van der Waals surface area (Å²) in [6, 6.07) is 0.167. The third kappa shape index (κ3) is 5.15. The predicted octanol–water partition coefficient (Wildman–Crippen LogP) is 4.62. The number of fused-ring (bicyclic) bond motifs is 1. The van der Waals surface area contributed by atoms with E-state index < -0.39 is 29.4 Å². The molecule has 1 fully saturated rings. The summed E-state index contributed by atoms with van der Waals surface area (Å²) in [5.74, 6) is -1.98. The van der Waals surface area contributed by atoms with E-state index in [1.165, 1.54) is 12.8 Å². The fraction of sp³-hybridized carbons (Fsp3) is 0.524. The number of ether oxygens (including phenoxy) is 1. The summed E-state index contributed by atoms with van der Waals surface area (Å²) in [5, 5.41) is 1.63. The topological polar surface area (TPSA) is 43.7 Å². The van der Waals surface area contributed by atoms with Gasteiger partial charge in [0, 0.05) is 30.5 Å². The van der Waals surface area contributed by atoms with E-state index in [4.69, 9.17) is 16.3 Å². The van der Waals surface area contributed by atoms with Crippen LogP contribution >= 0.6 is 11.6 Å².